The Kier molecular flexibility index (Phi) is 5.27. The van der Waals surface area contributed by atoms with Crippen molar-refractivity contribution in [3.63, 3.8) is 0 Å². The predicted molar refractivity (Wildman–Crippen MR) is 81.2 cm³/mol. The summed E-state index contributed by atoms with van der Waals surface area (Å²) in [5.74, 6) is 1.44. The van der Waals surface area contributed by atoms with Crippen LogP contribution >= 0.6 is 0 Å². The Labute approximate surface area is 125 Å². The van der Waals surface area contributed by atoms with E-state index < -0.39 is 0 Å². The molecule has 2 aromatic heterocycles. The van der Waals surface area contributed by atoms with Gasteiger partial charge in [0.1, 0.15) is 5.75 Å². The second-order valence-corrected chi connectivity index (χ2v) is 5.57. The molecule has 0 spiro atoms. The first-order chi connectivity index (χ1) is 10.1. The number of nitrogens with one attached hydrogen (secondary N) is 1. The number of rotatable bonds is 7. The van der Waals surface area contributed by atoms with E-state index in [9.17, 15) is 0 Å². The Bertz CT molecular complexity index is 579. The van der Waals surface area contributed by atoms with Crippen LogP contribution in [0.4, 0.5) is 0 Å². The number of methoxy groups -OCH3 is 1. The van der Waals surface area contributed by atoms with Crippen molar-refractivity contribution in [1.82, 2.24) is 25.3 Å². The lowest BCUT2D eigenvalue weighted by molar-refractivity contribution is 0.412. The van der Waals surface area contributed by atoms with Gasteiger partial charge < -0.3 is 10.1 Å². The minimum Gasteiger partial charge on any atom is -0.497 e. The largest absolute Gasteiger partial charge is 0.497 e. The normalized spacial score (nSPS) is 11.1. The van der Waals surface area contributed by atoms with Gasteiger partial charge in [-0.25, -0.2) is 4.68 Å². The van der Waals surface area contributed by atoms with Crippen molar-refractivity contribution in [1.29, 1.82) is 0 Å². The summed E-state index contributed by atoms with van der Waals surface area (Å²) in [5.41, 5.74) is 2.79. The maximum atomic E-state index is 5.26. The van der Waals surface area contributed by atoms with E-state index in [1.807, 2.05) is 25.3 Å². The van der Waals surface area contributed by atoms with Gasteiger partial charge in [-0.05, 0) is 19.4 Å². The van der Waals surface area contributed by atoms with E-state index in [1.54, 1.807) is 11.8 Å². The smallest absolute Gasteiger partial charge is 0.122 e. The summed E-state index contributed by atoms with van der Waals surface area (Å²) in [6, 6.07) is 3.83. The van der Waals surface area contributed by atoms with E-state index in [0.717, 1.165) is 35.9 Å². The van der Waals surface area contributed by atoms with Crippen LogP contribution in [-0.4, -0.2) is 33.6 Å². The molecule has 2 aromatic rings. The summed E-state index contributed by atoms with van der Waals surface area (Å²) in [6.07, 6.45) is 1.95. The van der Waals surface area contributed by atoms with Gasteiger partial charge in [-0.1, -0.05) is 19.1 Å². The van der Waals surface area contributed by atoms with Crippen LogP contribution in [0.25, 0.3) is 0 Å². The Morgan fingerprint density at radius 1 is 1.29 bits per heavy atom. The van der Waals surface area contributed by atoms with Crippen LogP contribution in [0, 0.1) is 12.8 Å². The van der Waals surface area contributed by atoms with Gasteiger partial charge in [-0.3, -0.25) is 4.98 Å². The van der Waals surface area contributed by atoms with Gasteiger partial charge in [0.25, 0.3) is 0 Å². The molecule has 114 valence electrons. The highest BCUT2D eigenvalue weighted by molar-refractivity contribution is 5.26. The third-order valence-electron chi connectivity index (χ3n) is 2.98. The van der Waals surface area contributed by atoms with Crippen molar-refractivity contribution in [3.8, 4) is 5.75 Å². The summed E-state index contributed by atoms with van der Waals surface area (Å²) >= 11 is 0. The van der Waals surface area contributed by atoms with Gasteiger partial charge in [0.2, 0.25) is 0 Å². The van der Waals surface area contributed by atoms with Crippen molar-refractivity contribution in [2.45, 2.75) is 33.9 Å². The molecule has 0 aliphatic rings. The summed E-state index contributed by atoms with van der Waals surface area (Å²) in [6.45, 7) is 8.62. The number of aryl methyl sites for hydroxylation is 1. The molecule has 0 saturated heterocycles. The van der Waals surface area contributed by atoms with Crippen LogP contribution in [0.2, 0.25) is 0 Å². The monoisotopic (exact) mass is 289 g/mol. The lowest BCUT2D eigenvalue weighted by Gasteiger charge is -2.06. The Hall–Kier alpha value is -1.95. The molecular weight excluding hydrogens is 266 g/mol. The van der Waals surface area contributed by atoms with E-state index in [2.05, 4.69) is 34.5 Å². The molecule has 0 saturated carbocycles. The van der Waals surface area contributed by atoms with E-state index in [1.165, 1.54) is 0 Å². The number of pyridine rings is 1. The van der Waals surface area contributed by atoms with Crippen molar-refractivity contribution in [3.05, 3.63) is 35.4 Å². The summed E-state index contributed by atoms with van der Waals surface area (Å²) in [5, 5.41) is 11.7. The molecule has 0 radical (unpaired) electrons. The number of ether oxygens (including phenoxy) is 1. The van der Waals surface area contributed by atoms with Gasteiger partial charge in [-0.15, -0.1) is 5.10 Å². The number of hydrogen-bond donors (Lipinski definition) is 1. The summed E-state index contributed by atoms with van der Waals surface area (Å²) in [4.78, 5) is 4.49. The van der Waals surface area contributed by atoms with Gasteiger partial charge in [0.15, 0.2) is 0 Å². The highest BCUT2D eigenvalue weighted by Crippen LogP contribution is 2.14. The first kappa shape index (κ1) is 15.4. The van der Waals surface area contributed by atoms with Gasteiger partial charge >= 0.3 is 0 Å². The third-order valence-corrected chi connectivity index (χ3v) is 2.98. The van der Waals surface area contributed by atoms with Gasteiger partial charge in [0, 0.05) is 24.4 Å². The molecule has 0 bridgehead atoms. The molecule has 1 N–H and O–H groups in total. The third kappa shape index (κ3) is 4.82. The second kappa shape index (κ2) is 7.17. The minimum atomic E-state index is 0.592. The van der Waals surface area contributed by atoms with E-state index in [0.29, 0.717) is 12.5 Å². The Morgan fingerprint density at radius 3 is 2.81 bits per heavy atom. The maximum Gasteiger partial charge on any atom is 0.122 e. The number of nitrogens with zero attached hydrogens (tertiary/aromatic N) is 4. The Morgan fingerprint density at radius 2 is 2.10 bits per heavy atom. The fourth-order valence-corrected chi connectivity index (χ4v) is 2.05. The molecule has 0 aliphatic heterocycles. The van der Waals surface area contributed by atoms with Crippen molar-refractivity contribution >= 4 is 0 Å². The topological polar surface area (TPSA) is 64.9 Å². The van der Waals surface area contributed by atoms with Gasteiger partial charge in [0.05, 0.1) is 31.2 Å². The first-order valence-electron chi connectivity index (χ1n) is 7.18. The standard InChI is InChI=1S/C15H23N5O/c1-11(2)7-16-8-14-10-20(19-18-14)9-13-6-15(21-4)5-12(3)17-13/h5-6,10-11,16H,7-9H2,1-4H3. The van der Waals surface area contributed by atoms with E-state index in [4.69, 9.17) is 4.74 Å². The zero-order chi connectivity index (χ0) is 15.2. The summed E-state index contributed by atoms with van der Waals surface area (Å²) in [7, 11) is 1.66. The van der Waals surface area contributed by atoms with Crippen LogP contribution < -0.4 is 10.1 Å². The molecule has 6 nitrogen and oxygen atoms in total. The first-order valence-corrected chi connectivity index (χ1v) is 7.18. The van der Waals surface area contributed by atoms with E-state index >= 15 is 0 Å². The van der Waals surface area contributed by atoms with Crippen LogP contribution in [-0.2, 0) is 13.1 Å². The fourth-order valence-electron chi connectivity index (χ4n) is 2.05. The summed E-state index contributed by atoms with van der Waals surface area (Å²) < 4.78 is 7.06. The molecule has 0 atom stereocenters. The molecule has 0 amide bonds. The fraction of sp³-hybridized carbons (Fsp3) is 0.533. The molecule has 0 aliphatic carbocycles. The lowest BCUT2D eigenvalue weighted by Crippen LogP contribution is -2.19. The van der Waals surface area contributed by atoms with Crippen molar-refractivity contribution in [2.24, 2.45) is 5.92 Å². The molecular formula is C15H23N5O. The molecule has 0 aromatic carbocycles. The van der Waals surface area contributed by atoms with Crippen LogP contribution in [0.1, 0.15) is 30.9 Å². The van der Waals surface area contributed by atoms with Crippen LogP contribution in [0.15, 0.2) is 18.3 Å². The molecule has 21 heavy (non-hydrogen) atoms. The molecule has 0 unspecified atom stereocenters. The lowest BCUT2D eigenvalue weighted by atomic mass is 10.2. The van der Waals surface area contributed by atoms with Gasteiger partial charge in [-0.2, -0.15) is 0 Å². The van der Waals surface area contributed by atoms with Crippen molar-refractivity contribution in [2.75, 3.05) is 13.7 Å². The maximum absolute atomic E-state index is 5.26. The Balaban J connectivity index is 1.97. The van der Waals surface area contributed by atoms with Crippen molar-refractivity contribution < 1.29 is 4.74 Å². The molecule has 2 rings (SSSR count). The number of aromatic nitrogens is 4. The average molecular weight is 289 g/mol. The highest BCUT2D eigenvalue weighted by Gasteiger charge is 2.05. The average Bonchev–Trinajstić information content (AvgIpc) is 2.85. The molecule has 6 heteroatoms. The zero-order valence-electron chi connectivity index (χ0n) is 13.1. The van der Waals surface area contributed by atoms with Crippen LogP contribution in [0.3, 0.4) is 0 Å². The van der Waals surface area contributed by atoms with Crippen LogP contribution in [0.5, 0.6) is 5.75 Å². The molecule has 0 fully saturated rings. The van der Waals surface area contributed by atoms with E-state index in [-0.39, 0.29) is 0 Å². The highest BCUT2D eigenvalue weighted by atomic mass is 16.5. The predicted octanol–water partition coefficient (Wildman–Crippen LogP) is 1.78. The zero-order valence-corrected chi connectivity index (χ0v) is 13.1. The quantitative estimate of drug-likeness (QED) is 0.841. The molecule has 2 heterocycles. The second-order valence-electron chi connectivity index (χ2n) is 5.57. The minimum absolute atomic E-state index is 0.592. The SMILES string of the molecule is COc1cc(C)nc(Cn2cc(CNCC(C)C)nn2)c1. The number of hydrogen-bond acceptors (Lipinski definition) is 5.